The Labute approximate surface area is 301 Å². The predicted octanol–water partition coefficient (Wildman–Crippen LogP) is 7.89. The molecular formula is C41H35N3O7S. The number of carboxylic acids is 1. The molecule has 0 spiro atoms. The van der Waals surface area contributed by atoms with E-state index >= 15 is 0 Å². The number of para-hydroxylation sites is 1. The van der Waals surface area contributed by atoms with E-state index in [1.54, 1.807) is 30.3 Å². The molecule has 0 saturated heterocycles. The van der Waals surface area contributed by atoms with Crippen molar-refractivity contribution in [1.82, 2.24) is 5.32 Å². The predicted molar refractivity (Wildman–Crippen MR) is 200 cm³/mol. The lowest BCUT2D eigenvalue weighted by Crippen LogP contribution is -2.54. The van der Waals surface area contributed by atoms with E-state index in [4.69, 9.17) is 0 Å². The van der Waals surface area contributed by atoms with Gasteiger partial charge in [0.2, 0.25) is 0 Å². The molecule has 0 fully saturated rings. The van der Waals surface area contributed by atoms with E-state index < -0.39 is 49.0 Å². The Morgan fingerprint density at radius 2 is 1.25 bits per heavy atom. The fourth-order valence-corrected chi connectivity index (χ4v) is 7.94. The summed E-state index contributed by atoms with van der Waals surface area (Å²) in [4.78, 5) is 36.5. The third kappa shape index (κ3) is 6.91. The standard InChI is InChI=1S/C41H35N3O7S/c1-27(38(40(46)47)42-41(32-13-6-3-7-14-32,33-15-8-4-9-16-33)34-17-10-5-11-18-34)36-19-12-20-37(39(36)44(48)49)52(50,51)43-35-24-23-30-25-29(28(2)45)21-22-31(30)26-35/h3-27,38,42-43H,1-2H3,(H,46,47)/t27-,38-/m0/s1. The largest absolute Gasteiger partial charge is 0.480 e. The molecule has 0 aliphatic carbocycles. The summed E-state index contributed by atoms with van der Waals surface area (Å²) in [5.41, 5.74) is 0.807. The van der Waals surface area contributed by atoms with Gasteiger partial charge in [-0.05, 0) is 58.7 Å². The number of nitro groups is 1. The number of carbonyl (C=O) groups excluding carboxylic acids is 1. The number of nitrogens with one attached hydrogen (secondary N) is 2. The highest BCUT2D eigenvalue weighted by molar-refractivity contribution is 7.92. The highest BCUT2D eigenvalue weighted by Crippen LogP contribution is 2.41. The fourth-order valence-electron chi connectivity index (χ4n) is 6.69. The number of anilines is 1. The average molecular weight is 714 g/mol. The number of sulfonamides is 1. The molecule has 10 nitrogen and oxygen atoms in total. The highest BCUT2D eigenvalue weighted by Gasteiger charge is 2.43. The van der Waals surface area contributed by atoms with Crippen LogP contribution >= 0.6 is 0 Å². The van der Waals surface area contributed by atoms with Crippen molar-refractivity contribution < 1.29 is 28.0 Å². The number of nitrogens with zero attached hydrogens (tertiary/aromatic N) is 1. The van der Waals surface area contributed by atoms with Gasteiger partial charge >= 0.3 is 5.97 Å². The van der Waals surface area contributed by atoms with E-state index in [0.29, 0.717) is 16.3 Å². The van der Waals surface area contributed by atoms with E-state index in [1.165, 1.54) is 32.0 Å². The number of nitro benzene ring substituents is 1. The van der Waals surface area contributed by atoms with Crippen LogP contribution in [0.4, 0.5) is 11.4 Å². The average Bonchev–Trinajstić information content (AvgIpc) is 3.15. The van der Waals surface area contributed by atoms with Crippen LogP contribution in [0.5, 0.6) is 0 Å². The number of carbonyl (C=O) groups is 2. The van der Waals surface area contributed by atoms with Crippen LogP contribution in [0.25, 0.3) is 10.8 Å². The van der Waals surface area contributed by atoms with Crippen molar-refractivity contribution in [3.63, 3.8) is 0 Å². The van der Waals surface area contributed by atoms with Crippen molar-refractivity contribution in [2.45, 2.75) is 36.2 Å². The molecule has 6 aromatic rings. The van der Waals surface area contributed by atoms with Crippen molar-refractivity contribution in [1.29, 1.82) is 0 Å². The molecular weight excluding hydrogens is 679 g/mol. The number of rotatable bonds is 13. The van der Waals surface area contributed by atoms with Gasteiger partial charge in [-0.1, -0.05) is 128 Å². The van der Waals surface area contributed by atoms with Crippen molar-refractivity contribution >= 4 is 43.9 Å². The smallest absolute Gasteiger partial charge is 0.321 e. The summed E-state index contributed by atoms with van der Waals surface area (Å²) in [7, 11) is -4.56. The van der Waals surface area contributed by atoms with Crippen molar-refractivity contribution in [2.24, 2.45) is 0 Å². The van der Waals surface area contributed by atoms with Gasteiger partial charge < -0.3 is 5.11 Å². The van der Waals surface area contributed by atoms with E-state index in [9.17, 15) is 33.2 Å². The Morgan fingerprint density at radius 3 is 1.75 bits per heavy atom. The SMILES string of the molecule is CC(=O)c1ccc2cc(NS(=O)(=O)c3cccc([C@H](C)[C@H](NC(c4ccccc4)(c4ccccc4)c4ccccc4)C(=O)O)c3[N+](=O)[O-])ccc2c1. The first-order chi connectivity index (χ1) is 24.9. The van der Waals surface area contributed by atoms with E-state index in [-0.39, 0.29) is 17.0 Å². The molecule has 0 heterocycles. The van der Waals surface area contributed by atoms with Gasteiger partial charge in [0.15, 0.2) is 10.7 Å². The zero-order valence-electron chi connectivity index (χ0n) is 28.3. The summed E-state index contributed by atoms with van der Waals surface area (Å²) >= 11 is 0. The van der Waals surface area contributed by atoms with E-state index in [0.717, 1.165) is 22.8 Å². The number of carboxylic acid groups (broad SMARTS) is 1. The van der Waals surface area contributed by atoms with Gasteiger partial charge in [-0.2, -0.15) is 0 Å². The van der Waals surface area contributed by atoms with Gasteiger partial charge in [-0.25, -0.2) is 8.42 Å². The minimum atomic E-state index is -4.56. The molecule has 6 aromatic carbocycles. The van der Waals surface area contributed by atoms with Crippen LogP contribution in [-0.4, -0.2) is 36.2 Å². The van der Waals surface area contributed by atoms with Crippen LogP contribution in [0.15, 0.2) is 150 Å². The van der Waals surface area contributed by atoms with Gasteiger partial charge in [0, 0.05) is 22.7 Å². The van der Waals surface area contributed by atoms with Gasteiger partial charge in [-0.15, -0.1) is 0 Å². The van der Waals surface area contributed by atoms with Gasteiger partial charge in [0.05, 0.1) is 10.5 Å². The number of hydrogen-bond donors (Lipinski definition) is 3. The van der Waals surface area contributed by atoms with Gasteiger partial charge in [0.25, 0.3) is 15.7 Å². The van der Waals surface area contributed by atoms with Crippen LogP contribution in [0, 0.1) is 10.1 Å². The lowest BCUT2D eigenvalue weighted by Gasteiger charge is -2.40. The Kier molecular flexibility index (Phi) is 10.0. The maximum atomic E-state index is 13.9. The van der Waals surface area contributed by atoms with Crippen LogP contribution in [0.1, 0.15) is 52.4 Å². The van der Waals surface area contributed by atoms with Crippen LogP contribution in [0.3, 0.4) is 0 Å². The molecule has 0 unspecified atom stereocenters. The first kappa shape index (κ1) is 35.6. The molecule has 0 aromatic heterocycles. The summed E-state index contributed by atoms with van der Waals surface area (Å²) in [6, 6.07) is 40.1. The Hall–Kier alpha value is -6.17. The maximum absolute atomic E-state index is 13.9. The molecule has 0 radical (unpaired) electrons. The molecule has 52 heavy (non-hydrogen) atoms. The lowest BCUT2D eigenvalue weighted by molar-refractivity contribution is -0.388. The molecule has 0 amide bonds. The zero-order valence-corrected chi connectivity index (χ0v) is 29.1. The molecule has 0 aliphatic heterocycles. The quantitative estimate of drug-likeness (QED) is 0.0472. The van der Waals surface area contributed by atoms with Crippen LogP contribution in [-0.2, 0) is 20.4 Å². The number of aliphatic carboxylic acids is 1. The van der Waals surface area contributed by atoms with Gasteiger partial charge in [-0.3, -0.25) is 29.7 Å². The monoisotopic (exact) mass is 713 g/mol. The second-order valence-corrected chi connectivity index (χ2v) is 14.1. The van der Waals surface area contributed by atoms with Crippen LogP contribution < -0.4 is 10.0 Å². The second-order valence-electron chi connectivity index (χ2n) is 12.5. The second kappa shape index (κ2) is 14.6. The highest BCUT2D eigenvalue weighted by atomic mass is 32.2. The summed E-state index contributed by atoms with van der Waals surface area (Å²) in [6.45, 7) is 2.98. The number of hydrogen-bond acceptors (Lipinski definition) is 7. The number of fused-ring (bicyclic) bond motifs is 1. The zero-order chi connectivity index (χ0) is 37.0. The molecule has 262 valence electrons. The first-order valence-electron chi connectivity index (χ1n) is 16.4. The molecule has 0 aliphatic rings. The topological polar surface area (TPSA) is 156 Å². The molecule has 3 N–H and O–H groups in total. The first-order valence-corrected chi connectivity index (χ1v) is 17.9. The van der Waals surface area contributed by atoms with Crippen LogP contribution in [0.2, 0.25) is 0 Å². The maximum Gasteiger partial charge on any atom is 0.321 e. The third-order valence-corrected chi connectivity index (χ3v) is 10.7. The summed E-state index contributed by atoms with van der Waals surface area (Å²) in [5, 5.41) is 28.3. The number of Topliss-reactive ketones (excluding diaryl/α,β-unsaturated/α-hetero) is 1. The summed E-state index contributed by atoms with van der Waals surface area (Å²) in [5.74, 6) is -2.51. The minimum absolute atomic E-state index is 0.0777. The summed E-state index contributed by atoms with van der Waals surface area (Å²) < 4.78 is 30.2. The molecule has 11 heteroatoms. The molecule has 6 rings (SSSR count). The van der Waals surface area contributed by atoms with E-state index in [2.05, 4.69) is 10.0 Å². The minimum Gasteiger partial charge on any atom is -0.480 e. The normalized spacial score (nSPS) is 12.9. The number of ketones is 1. The lowest BCUT2D eigenvalue weighted by atomic mass is 9.75. The molecule has 2 atom stereocenters. The Bertz CT molecular complexity index is 2290. The number of benzene rings is 6. The Balaban J connectivity index is 1.44. The third-order valence-electron chi connectivity index (χ3n) is 9.25. The van der Waals surface area contributed by atoms with Crippen molar-refractivity contribution in [3.8, 4) is 0 Å². The van der Waals surface area contributed by atoms with E-state index in [1.807, 2.05) is 91.0 Å². The Morgan fingerprint density at radius 1 is 0.731 bits per heavy atom. The molecule has 0 bridgehead atoms. The molecule has 0 saturated carbocycles. The fraction of sp³-hybridized carbons (Fsp3) is 0.122. The van der Waals surface area contributed by atoms with Crippen molar-refractivity contribution in [2.75, 3.05) is 4.72 Å². The summed E-state index contributed by atoms with van der Waals surface area (Å²) in [6.07, 6.45) is 0. The van der Waals surface area contributed by atoms with Gasteiger partial charge in [0.1, 0.15) is 6.04 Å². The van der Waals surface area contributed by atoms with Crippen molar-refractivity contribution in [3.05, 3.63) is 184 Å².